The molecule has 114 valence electrons. The van der Waals surface area contributed by atoms with Crippen LogP contribution in [0.2, 0.25) is 0 Å². The predicted octanol–water partition coefficient (Wildman–Crippen LogP) is 1.81. The van der Waals surface area contributed by atoms with Crippen LogP contribution in [0.5, 0.6) is 0 Å². The summed E-state index contributed by atoms with van der Waals surface area (Å²) in [7, 11) is 0. The second kappa shape index (κ2) is 6.58. The fourth-order valence-corrected chi connectivity index (χ4v) is 3.64. The minimum absolute atomic E-state index is 0.125. The van der Waals surface area contributed by atoms with E-state index in [9.17, 15) is 9.90 Å². The topological polar surface area (TPSA) is 43.8 Å². The Morgan fingerprint density at radius 2 is 2.05 bits per heavy atom. The van der Waals surface area contributed by atoms with E-state index in [4.69, 9.17) is 0 Å². The molecule has 1 saturated carbocycles. The summed E-state index contributed by atoms with van der Waals surface area (Å²) in [5.74, 6) is 0.167. The molecule has 3 rings (SSSR count). The van der Waals surface area contributed by atoms with Crippen LogP contribution in [0.15, 0.2) is 24.3 Å². The third-order valence-corrected chi connectivity index (χ3v) is 4.75. The van der Waals surface area contributed by atoms with Crippen LogP contribution in [0, 0.1) is 0 Å². The van der Waals surface area contributed by atoms with Gasteiger partial charge in [0.25, 0.3) is 0 Å². The van der Waals surface area contributed by atoms with Crippen molar-refractivity contribution in [3.05, 3.63) is 29.8 Å². The van der Waals surface area contributed by atoms with Crippen LogP contribution in [0.4, 0.5) is 5.69 Å². The van der Waals surface area contributed by atoms with Crippen molar-refractivity contribution in [2.24, 2.45) is 0 Å². The fourth-order valence-electron chi connectivity index (χ4n) is 3.64. The molecule has 0 spiro atoms. The molecule has 1 fully saturated rings. The van der Waals surface area contributed by atoms with Gasteiger partial charge in [-0.05, 0) is 30.9 Å². The van der Waals surface area contributed by atoms with Crippen molar-refractivity contribution in [2.75, 3.05) is 31.1 Å². The minimum Gasteiger partial charge on any atom is -0.395 e. The van der Waals surface area contributed by atoms with E-state index in [1.807, 2.05) is 23.1 Å². The van der Waals surface area contributed by atoms with Gasteiger partial charge in [0.15, 0.2) is 0 Å². The zero-order valence-electron chi connectivity index (χ0n) is 12.5. The van der Waals surface area contributed by atoms with Crippen molar-refractivity contribution in [1.29, 1.82) is 0 Å². The lowest BCUT2D eigenvalue weighted by Crippen LogP contribution is -2.44. The van der Waals surface area contributed by atoms with Crippen LogP contribution in [0.1, 0.15) is 31.2 Å². The van der Waals surface area contributed by atoms with Gasteiger partial charge in [-0.2, -0.15) is 0 Å². The second-order valence-electron chi connectivity index (χ2n) is 6.06. The number of nitrogens with zero attached hydrogens (tertiary/aromatic N) is 2. The average Bonchev–Trinajstić information content (AvgIpc) is 3.16. The third kappa shape index (κ3) is 3.11. The lowest BCUT2D eigenvalue weighted by molar-refractivity contribution is -0.120. The number of hydrogen-bond donors (Lipinski definition) is 1. The molecule has 0 saturated heterocycles. The number of para-hydroxylation sites is 1. The maximum Gasteiger partial charge on any atom is 0.241 e. The predicted molar refractivity (Wildman–Crippen MR) is 83.4 cm³/mol. The number of aliphatic hydroxyl groups is 1. The average molecular weight is 288 g/mol. The summed E-state index contributed by atoms with van der Waals surface area (Å²) in [6.45, 7) is 1.95. The molecule has 1 amide bonds. The fraction of sp³-hybridized carbons (Fsp3) is 0.588. The number of fused-ring (bicyclic) bond motifs is 1. The van der Waals surface area contributed by atoms with Crippen molar-refractivity contribution >= 4 is 11.6 Å². The largest absolute Gasteiger partial charge is 0.395 e. The van der Waals surface area contributed by atoms with E-state index in [0.717, 1.165) is 31.5 Å². The van der Waals surface area contributed by atoms with Crippen molar-refractivity contribution in [3.63, 3.8) is 0 Å². The molecule has 4 nitrogen and oxygen atoms in total. The van der Waals surface area contributed by atoms with Crippen LogP contribution in [-0.4, -0.2) is 48.2 Å². The van der Waals surface area contributed by atoms with Gasteiger partial charge < -0.3 is 10.0 Å². The van der Waals surface area contributed by atoms with Crippen LogP contribution < -0.4 is 4.90 Å². The Kier molecular flexibility index (Phi) is 4.56. The summed E-state index contributed by atoms with van der Waals surface area (Å²) in [5, 5.41) is 9.27. The quantitative estimate of drug-likeness (QED) is 0.898. The van der Waals surface area contributed by atoms with E-state index in [-0.39, 0.29) is 12.5 Å². The van der Waals surface area contributed by atoms with Gasteiger partial charge in [-0.25, -0.2) is 0 Å². The molecule has 1 aromatic carbocycles. The van der Waals surface area contributed by atoms with Crippen LogP contribution in [0.25, 0.3) is 0 Å². The first kappa shape index (κ1) is 14.5. The molecule has 0 radical (unpaired) electrons. The SMILES string of the molecule is O=C(CN(CCO)C1CCCC1)N1CCc2ccccc21. The maximum absolute atomic E-state index is 12.7. The second-order valence-corrected chi connectivity index (χ2v) is 6.06. The monoisotopic (exact) mass is 288 g/mol. The number of carbonyl (C=O) groups is 1. The molecular weight excluding hydrogens is 264 g/mol. The number of benzene rings is 1. The van der Waals surface area contributed by atoms with Gasteiger partial charge >= 0.3 is 0 Å². The smallest absolute Gasteiger partial charge is 0.241 e. The van der Waals surface area contributed by atoms with Gasteiger partial charge in [0, 0.05) is 24.8 Å². The normalized spacial score (nSPS) is 18.5. The molecule has 4 heteroatoms. The van der Waals surface area contributed by atoms with Crippen molar-refractivity contribution in [3.8, 4) is 0 Å². The van der Waals surface area contributed by atoms with Crippen LogP contribution in [0.3, 0.4) is 0 Å². The van der Waals surface area contributed by atoms with Crippen LogP contribution >= 0.6 is 0 Å². The summed E-state index contributed by atoms with van der Waals surface area (Å²) in [4.78, 5) is 16.7. The standard InChI is InChI=1S/C17H24N2O2/c20-12-11-18(15-6-2-3-7-15)13-17(21)19-10-9-14-5-1-4-8-16(14)19/h1,4-5,8,15,20H,2-3,6-7,9-13H2. The van der Waals surface area contributed by atoms with Crippen molar-refractivity contribution in [1.82, 2.24) is 4.90 Å². The van der Waals surface area contributed by atoms with Crippen molar-refractivity contribution in [2.45, 2.75) is 38.1 Å². The highest BCUT2D eigenvalue weighted by atomic mass is 16.3. The van der Waals surface area contributed by atoms with E-state index in [2.05, 4.69) is 11.0 Å². The lowest BCUT2D eigenvalue weighted by atomic mass is 10.2. The highest BCUT2D eigenvalue weighted by Crippen LogP contribution is 2.28. The molecular formula is C17H24N2O2. The van der Waals surface area contributed by atoms with Crippen molar-refractivity contribution < 1.29 is 9.90 Å². The molecule has 0 bridgehead atoms. The highest BCUT2D eigenvalue weighted by molar-refractivity contribution is 5.96. The summed E-state index contributed by atoms with van der Waals surface area (Å²) in [6.07, 6.45) is 5.75. The van der Waals surface area contributed by atoms with Gasteiger partial charge in [0.2, 0.25) is 5.91 Å². The van der Waals surface area contributed by atoms with Gasteiger partial charge in [-0.3, -0.25) is 9.69 Å². The molecule has 1 heterocycles. The lowest BCUT2D eigenvalue weighted by Gasteiger charge is -2.29. The molecule has 1 aromatic rings. The molecule has 2 aliphatic rings. The first-order valence-corrected chi connectivity index (χ1v) is 8.03. The molecule has 1 aliphatic carbocycles. The van der Waals surface area contributed by atoms with Crippen LogP contribution in [-0.2, 0) is 11.2 Å². The summed E-state index contributed by atoms with van der Waals surface area (Å²) in [5.41, 5.74) is 2.33. The number of aliphatic hydroxyl groups excluding tert-OH is 1. The summed E-state index contributed by atoms with van der Waals surface area (Å²) < 4.78 is 0. The van der Waals surface area contributed by atoms with Gasteiger partial charge in [0.1, 0.15) is 0 Å². The first-order valence-electron chi connectivity index (χ1n) is 8.03. The number of rotatable bonds is 5. The van der Waals surface area contributed by atoms with E-state index in [1.54, 1.807) is 0 Å². The Morgan fingerprint density at radius 3 is 2.81 bits per heavy atom. The van der Waals surface area contributed by atoms with E-state index in [0.29, 0.717) is 19.1 Å². The number of carbonyl (C=O) groups excluding carboxylic acids is 1. The van der Waals surface area contributed by atoms with E-state index in [1.165, 1.54) is 18.4 Å². The zero-order valence-corrected chi connectivity index (χ0v) is 12.5. The molecule has 0 unspecified atom stereocenters. The van der Waals surface area contributed by atoms with Gasteiger partial charge in [-0.15, -0.1) is 0 Å². The molecule has 1 N–H and O–H groups in total. The minimum atomic E-state index is 0.125. The Hall–Kier alpha value is -1.39. The van der Waals surface area contributed by atoms with Gasteiger partial charge in [0.05, 0.1) is 13.2 Å². The summed E-state index contributed by atoms with van der Waals surface area (Å²) >= 11 is 0. The van der Waals surface area contributed by atoms with Gasteiger partial charge in [-0.1, -0.05) is 31.0 Å². The zero-order chi connectivity index (χ0) is 14.7. The Labute approximate surface area is 126 Å². The van der Waals surface area contributed by atoms with E-state index < -0.39 is 0 Å². The van der Waals surface area contributed by atoms with E-state index >= 15 is 0 Å². The number of anilines is 1. The summed E-state index contributed by atoms with van der Waals surface area (Å²) in [6, 6.07) is 8.63. The Bertz CT molecular complexity index is 497. The molecule has 0 aromatic heterocycles. The molecule has 21 heavy (non-hydrogen) atoms. The third-order valence-electron chi connectivity index (χ3n) is 4.75. The highest BCUT2D eigenvalue weighted by Gasteiger charge is 2.29. The molecule has 1 aliphatic heterocycles. The number of hydrogen-bond acceptors (Lipinski definition) is 3. The molecule has 0 atom stereocenters. The number of amides is 1. The Morgan fingerprint density at radius 1 is 1.29 bits per heavy atom. The first-order chi connectivity index (χ1) is 10.3. The maximum atomic E-state index is 12.7. The Balaban J connectivity index is 1.67.